The lowest BCUT2D eigenvalue weighted by Crippen LogP contribution is -2.38. The molecule has 5 nitrogen and oxygen atoms in total. The Labute approximate surface area is 172 Å². The summed E-state index contributed by atoms with van der Waals surface area (Å²) in [5.74, 6) is 0.527. The van der Waals surface area contributed by atoms with Gasteiger partial charge in [0.1, 0.15) is 5.82 Å². The van der Waals surface area contributed by atoms with E-state index in [-0.39, 0.29) is 29.8 Å². The highest BCUT2D eigenvalue weighted by atomic mass is 127. The normalized spacial score (nSPS) is 11.0. The van der Waals surface area contributed by atoms with E-state index in [1.807, 2.05) is 55.4 Å². The van der Waals surface area contributed by atoms with Crippen molar-refractivity contribution in [1.29, 1.82) is 0 Å². The van der Waals surface area contributed by atoms with Crippen LogP contribution in [0.5, 0.6) is 0 Å². The van der Waals surface area contributed by atoms with Gasteiger partial charge in [0.2, 0.25) is 0 Å². The Hall–Kier alpha value is -1.77. The predicted octanol–water partition coefficient (Wildman–Crippen LogP) is 3.46. The maximum atomic E-state index is 14.3. The van der Waals surface area contributed by atoms with Crippen LogP contribution in [-0.4, -0.2) is 37.2 Å². The van der Waals surface area contributed by atoms with Gasteiger partial charge in [-0.15, -0.1) is 24.0 Å². The number of guanidine groups is 1. The molecule has 144 valence electrons. The molecule has 1 aromatic carbocycles. The number of nitrogens with one attached hydrogen (secondary N) is 2. The van der Waals surface area contributed by atoms with E-state index >= 15 is 0 Å². The van der Waals surface area contributed by atoms with E-state index in [1.54, 1.807) is 13.1 Å². The second-order valence-electron chi connectivity index (χ2n) is 5.73. The number of anilines is 1. The fourth-order valence-corrected chi connectivity index (χ4v) is 2.71. The van der Waals surface area contributed by atoms with Gasteiger partial charge in [-0.1, -0.05) is 6.07 Å². The van der Waals surface area contributed by atoms with Crippen molar-refractivity contribution in [1.82, 2.24) is 15.2 Å². The molecule has 0 radical (unpaired) electrons. The Morgan fingerprint density at radius 1 is 1.15 bits per heavy atom. The number of rotatable bonds is 8. The topological polar surface area (TPSA) is 44.6 Å². The average Bonchev–Trinajstić information content (AvgIpc) is 3.14. The molecule has 0 unspecified atom stereocenters. The van der Waals surface area contributed by atoms with E-state index in [0.29, 0.717) is 18.2 Å². The first kappa shape index (κ1) is 22.3. The molecule has 2 rings (SSSR count). The summed E-state index contributed by atoms with van der Waals surface area (Å²) < 4.78 is 16.4. The number of halogens is 2. The molecule has 0 fully saturated rings. The van der Waals surface area contributed by atoms with Crippen molar-refractivity contribution in [3.05, 3.63) is 54.1 Å². The minimum atomic E-state index is -0.182. The molecular weight excluding hydrogens is 444 g/mol. The van der Waals surface area contributed by atoms with Crippen molar-refractivity contribution in [3.63, 3.8) is 0 Å². The Kier molecular flexibility index (Phi) is 10.1. The third-order valence-electron chi connectivity index (χ3n) is 4.13. The van der Waals surface area contributed by atoms with Crippen molar-refractivity contribution < 1.29 is 4.39 Å². The minimum Gasteiger partial charge on any atom is -0.370 e. The van der Waals surface area contributed by atoms with E-state index in [9.17, 15) is 4.39 Å². The number of aliphatic imine (C=N–C) groups is 1. The average molecular weight is 473 g/mol. The van der Waals surface area contributed by atoms with Crippen molar-refractivity contribution in [3.8, 4) is 0 Å². The molecule has 1 aromatic heterocycles. The predicted molar refractivity (Wildman–Crippen MR) is 118 cm³/mol. The first-order valence-corrected chi connectivity index (χ1v) is 8.76. The quantitative estimate of drug-likeness (QED) is 0.351. The molecule has 7 heteroatoms. The zero-order chi connectivity index (χ0) is 18.1. The first-order valence-electron chi connectivity index (χ1n) is 8.76. The molecule has 2 N–H and O–H groups in total. The molecule has 0 spiro atoms. The number of nitrogens with zero attached hydrogens (tertiary/aromatic N) is 3. The van der Waals surface area contributed by atoms with Crippen LogP contribution in [0.2, 0.25) is 0 Å². The van der Waals surface area contributed by atoms with Crippen LogP contribution in [0, 0.1) is 5.82 Å². The molecule has 0 aliphatic carbocycles. The summed E-state index contributed by atoms with van der Waals surface area (Å²) in [5, 5.41) is 6.48. The summed E-state index contributed by atoms with van der Waals surface area (Å²) in [6.07, 6.45) is 4.05. The molecule has 0 saturated carbocycles. The second kappa shape index (κ2) is 11.8. The fraction of sp³-hybridized carbons (Fsp3) is 0.421. The number of aromatic nitrogens is 1. The maximum absolute atomic E-state index is 14.3. The summed E-state index contributed by atoms with van der Waals surface area (Å²) in [4.78, 5) is 6.21. The third kappa shape index (κ3) is 6.51. The SMILES string of the molecule is CCN(CC)c1ccc(CNC(=NC)NCCn2cccc2)cc1F.I. The van der Waals surface area contributed by atoms with Crippen LogP contribution in [0.15, 0.2) is 47.7 Å². The van der Waals surface area contributed by atoms with Gasteiger partial charge in [0.15, 0.2) is 5.96 Å². The summed E-state index contributed by atoms with van der Waals surface area (Å²) in [5.41, 5.74) is 1.55. The molecule has 1 heterocycles. The van der Waals surface area contributed by atoms with Crippen LogP contribution in [0.3, 0.4) is 0 Å². The Morgan fingerprint density at radius 2 is 1.85 bits per heavy atom. The summed E-state index contributed by atoms with van der Waals surface area (Å²) >= 11 is 0. The van der Waals surface area contributed by atoms with Gasteiger partial charge in [0.25, 0.3) is 0 Å². The Morgan fingerprint density at radius 3 is 2.42 bits per heavy atom. The molecule has 2 aromatic rings. The van der Waals surface area contributed by atoms with E-state index < -0.39 is 0 Å². The van der Waals surface area contributed by atoms with E-state index in [0.717, 1.165) is 31.7 Å². The summed E-state index contributed by atoms with van der Waals surface area (Å²) in [6.45, 7) is 7.80. The summed E-state index contributed by atoms with van der Waals surface area (Å²) in [7, 11) is 1.73. The Bertz CT molecular complexity index is 669. The van der Waals surface area contributed by atoms with Gasteiger partial charge in [0, 0.05) is 52.2 Å². The molecule has 0 bridgehead atoms. The van der Waals surface area contributed by atoms with Crippen molar-refractivity contribution in [2.24, 2.45) is 4.99 Å². The monoisotopic (exact) mass is 473 g/mol. The zero-order valence-electron chi connectivity index (χ0n) is 15.7. The van der Waals surface area contributed by atoms with Crippen molar-refractivity contribution in [2.75, 3.05) is 31.6 Å². The van der Waals surface area contributed by atoms with Crippen molar-refractivity contribution in [2.45, 2.75) is 26.9 Å². The standard InChI is InChI=1S/C19H28FN5.HI/c1-4-25(5-2)18-9-8-16(14-17(18)20)15-23-19(21-3)22-10-13-24-11-6-7-12-24;/h6-9,11-12,14H,4-5,10,13,15H2,1-3H3,(H2,21,22,23);1H. The van der Waals surface area contributed by atoms with Gasteiger partial charge in [0.05, 0.1) is 5.69 Å². The van der Waals surface area contributed by atoms with Gasteiger partial charge >= 0.3 is 0 Å². The largest absolute Gasteiger partial charge is 0.370 e. The van der Waals surface area contributed by atoms with E-state index in [4.69, 9.17) is 0 Å². The van der Waals surface area contributed by atoms with Gasteiger partial charge in [-0.2, -0.15) is 0 Å². The highest BCUT2D eigenvalue weighted by molar-refractivity contribution is 14.0. The van der Waals surface area contributed by atoms with Crippen LogP contribution in [0.1, 0.15) is 19.4 Å². The lowest BCUT2D eigenvalue weighted by atomic mass is 10.2. The zero-order valence-corrected chi connectivity index (χ0v) is 18.0. The van der Waals surface area contributed by atoms with Crippen LogP contribution in [0.25, 0.3) is 0 Å². The van der Waals surface area contributed by atoms with E-state index in [1.165, 1.54) is 0 Å². The Balaban J connectivity index is 0.00000338. The van der Waals surface area contributed by atoms with Crippen molar-refractivity contribution >= 4 is 35.6 Å². The number of hydrogen-bond donors (Lipinski definition) is 2. The molecule has 26 heavy (non-hydrogen) atoms. The maximum Gasteiger partial charge on any atom is 0.191 e. The number of benzene rings is 1. The van der Waals surface area contributed by atoms with Crippen LogP contribution >= 0.6 is 24.0 Å². The van der Waals surface area contributed by atoms with Crippen LogP contribution in [0.4, 0.5) is 10.1 Å². The molecule has 0 amide bonds. The lowest BCUT2D eigenvalue weighted by Gasteiger charge is -2.22. The highest BCUT2D eigenvalue weighted by Crippen LogP contribution is 2.20. The van der Waals surface area contributed by atoms with Gasteiger partial charge < -0.3 is 20.1 Å². The van der Waals surface area contributed by atoms with Crippen LogP contribution in [-0.2, 0) is 13.1 Å². The lowest BCUT2D eigenvalue weighted by molar-refractivity contribution is 0.616. The molecule has 0 saturated heterocycles. The summed E-state index contributed by atoms with van der Waals surface area (Å²) in [6, 6.07) is 9.40. The van der Waals surface area contributed by atoms with Gasteiger partial charge in [-0.25, -0.2) is 4.39 Å². The highest BCUT2D eigenvalue weighted by Gasteiger charge is 2.09. The third-order valence-corrected chi connectivity index (χ3v) is 4.13. The minimum absolute atomic E-state index is 0. The molecule has 0 aliphatic heterocycles. The fourth-order valence-electron chi connectivity index (χ4n) is 2.71. The first-order chi connectivity index (χ1) is 12.2. The molecular formula is C19H29FIN5. The van der Waals surface area contributed by atoms with Gasteiger partial charge in [-0.3, -0.25) is 4.99 Å². The van der Waals surface area contributed by atoms with Gasteiger partial charge in [-0.05, 0) is 43.7 Å². The van der Waals surface area contributed by atoms with E-state index in [2.05, 4.69) is 20.2 Å². The van der Waals surface area contributed by atoms with Crippen LogP contribution < -0.4 is 15.5 Å². The molecule has 0 aliphatic rings. The number of hydrogen-bond acceptors (Lipinski definition) is 2. The smallest absolute Gasteiger partial charge is 0.191 e. The second-order valence-corrected chi connectivity index (χ2v) is 5.73. The molecule has 0 atom stereocenters.